The number of amides is 1. The number of carbonyl (C=O) groups is 1. The predicted molar refractivity (Wildman–Crippen MR) is 109 cm³/mol. The number of nitrogens with zero attached hydrogens (tertiary/aromatic N) is 2. The molecule has 148 valence electrons. The van der Waals surface area contributed by atoms with Crippen molar-refractivity contribution in [2.75, 3.05) is 26.0 Å². The topological polar surface area (TPSA) is 29.5 Å². The Bertz CT molecular complexity index is 848. The number of halogens is 1. The van der Waals surface area contributed by atoms with E-state index in [9.17, 15) is 4.79 Å². The average molecular weight is 443 g/mol. The quantitative estimate of drug-likeness (QED) is 0.532. The number of likely N-dealkylation sites (N-methyl/N-ethyl adjacent to an activating group) is 1. The largest absolute Gasteiger partial charge is 1.00 e. The second-order valence-electron chi connectivity index (χ2n) is 8.07. The predicted octanol–water partition coefficient (Wildman–Crippen LogP) is 1.48. The van der Waals surface area contributed by atoms with E-state index in [0.717, 1.165) is 34.1 Å². The van der Waals surface area contributed by atoms with Gasteiger partial charge < -0.3 is 26.2 Å². The summed E-state index contributed by atoms with van der Waals surface area (Å²) in [5.41, 5.74) is 2.98. The standard InChI is InChI=1S/C23H27N2O2.BrH/c1-24(22-12-8-7-11-21(22)17-9-5-4-6-10-17)23(26)27-20-15-18-13-14-19(16-20)25(18,2)3;/h4-14,18-20H,15-16H2,1-3H3;1H/q+1;/p-1. The molecule has 1 fully saturated rings. The van der Waals surface area contributed by atoms with Crippen LogP contribution < -0.4 is 21.9 Å². The number of piperidine rings is 1. The summed E-state index contributed by atoms with van der Waals surface area (Å²) in [6, 6.07) is 19.0. The monoisotopic (exact) mass is 442 g/mol. The molecule has 0 radical (unpaired) electrons. The number of hydrogen-bond donors (Lipinski definition) is 0. The zero-order chi connectivity index (χ0) is 19.0. The summed E-state index contributed by atoms with van der Waals surface area (Å²) < 4.78 is 6.88. The number of fused-ring (bicyclic) bond motifs is 2. The fourth-order valence-electron chi connectivity index (χ4n) is 4.33. The molecule has 5 heteroatoms. The summed E-state index contributed by atoms with van der Waals surface area (Å²) in [5, 5.41) is 0. The molecule has 2 aliphatic heterocycles. The van der Waals surface area contributed by atoms with Gasteiger partial charge in [-0.05, 0) is 23.8 Å². The van der Waals surface area contributed by atoms with Crippen molar-refractivity contribution in [3.05, 3.63) is 66.7 Å². The molecule has 4 nitrogen and oxygen atoms in total. The molecule has 2 bridgehead atoms. The maximum atomic E-state index is 12.9. The number of hydrogen-bond acceptors (Lipinski definition) is 2. The van der Waals surface area contributed by atoms with E-state index in [1.54, 1.807) is 11.9 Å². The van der Waals surface area contributed by atoms with E-state index in [4.69, 9.17) is 4.74 Å². The lowest BCUT2D eigenvalue weighted by atomic mass is 9.97. The molecule has 0 aromatic heterocycles. The molecule has 2 aromatic carbocycles. The molecule has 0 spiro atoms. The van der Waals surface area contributed by atoms with E-state index in [2.05, 4.69) is 38.4 Å². The molecule has 0 aliphatic carbocycles. The van der Waals surface area contributed by atoms with Crippen molar-refractivity contribution in [2.45, 2.75) is 31.0 Å². The summed E-state index contributed by atoms with van der Waals surface area (Å²) in [5.74, 6) is 0. The molecule has 2 aliphatic rings. The minimum atomic E-state index is -0.282. The van der Waals surface area contributed by atoms with Crippen LogP contribution in [0.4, 0.5) is 10.5 Å². The van der Waals surface area contributed by atoms with Crippen LogP contribution in [-0.2, 0) is 4.74 Å². The van der Waals surface area contributed by atoms with Crippen molar-refractivity contribution in [2.24, 2.45) is 0 Å². The number of quaternary nitrogens is 1. The molecule has 2 aromatic rings. The second kappa shape index (κ2) is 8.10. The Hall–Kier alpha value is -2.11. The van der Waals surface area contributed by atoms with E-state index in [1.807, 2.05) is 42.5 Å². The maximum absolute atomic E-state index is 12.9. The highest BCUT2D eigenvalue weighted by atomic mass is 79.9. The van der Waals surface area contributed by atoms with Crippen molar-refractivity contribution in [1.29, 1.82) is 0 Å². The van der Waals surface area contributed by atoms with Gasteiger partial charge in [0.15, 0.2) is 0 Å². The SMILES string of the molecule is CN(C(=O)OC1CC2C=CC(C1)[N+]2(C)C)c1ccccc1-c1ccccc1.[Br-]. The summed E-state index contributed by atoms with van der Waals surface area (Å²) >= 11 is 0. The first-order chi connectivity index (χ1) is 13.0. The van der Waals surface area contributed by atoms with Crippen LogP contribution in [0.1, 0.15) is 12.8 Å². The fraction of sp³-hybridized carbons (Fsp3) is 0.348. The Labute approximate surface area is 177 Å². The third kappa shape index (κ3) is 3.74. The Morgan fingerprint density at radius 1 is 0.964 bits per heavy atom. The lowest BCUT2D eigenvalue weighted by Gasteiger charge is -2.44. The van der Waals surface area contributed by atoms with E-state index in [1.165, 1.54) is 0 Å². The molecule has 2 unspecified atom stereocenters. The van der Waals surface area contributed by atoms with Crippen LogP contribution in [0.5, 0.6) is 0 Å². The Morgan fingerprint density at radius 3 is 2.18 bits per heavy atom. The van der Waals surface area contributed by atoms with E-state index in [0.29, 0.717) is 12.1 Å². The van der Waals surface area contributed by atoms with Crippen molar-refractivity contribution >= 4 is 11.8 Å². The molecule has 0 saturated carbocycles. The zero-order valence-electron chi connectivity index (χ0n) is 16.6. The highest BCUT2D eigenvalue weighted by molar-refractivity contribution is 5.93. The van der Waals surface area contributed by atoms with Crippen LogP contribution in [0.15, 0.2) is 66.7 Å². The molecule has 28 heavy (non-hydrogen) atoms. The molecular weight excluding hydrogens is 416 g/mol. The molecule has 4 rings (SSSR count). The normalized spacial score (nSPS) is 24.3. The zero-order valence-corrected chi connectivity index (χ0v) is 18.2. The van der Waals surface area contributed by atoms with Gasteiger partial charge in [-0.1, -0.05) is 48.5 Å². The highest BCUT2D eigenvalue weighted by Crippen LogP contribution is 2.36. The number of rotatable bonds is 3. The van der Waals surface area contributed by atoms with Crippen LogP contribution in [0, 0.1) is 0 Å². The number of benzene rings is 2. The maximum Gasteiger partial charge on any atom is 0.414 e. The van der Waals surface area contributed by atoms with Gasteiger partial charge in [0, 0.05) is 25.5 Å². The number of para-hydroxylation sites is 1. The van der Waals surface area contributed by atoms with Gasteiger partial charge in [-0.3, -0.25) is 4.90 Å². The smallest absolute Gasteiger partial charge is 0.414 e. The Balaban J connectivity index is 0.00000225. The van der Waals surface area contributed by atoms with Crippen molar-refractivity contribution in [3.8, 4) is 11.1 Å². The van der Waals surface area contributed by atoms with E-state index in [-0.39, 0.29) is 29.2 Å². The molecular formula is C23H27BrN2O2. The third-order valence-electron chi connectivity index (χ3n) is 6.17. The molecule has 2 atom stereocenters. The summed E-state index contributed by atoms with van der Waals surface area (Å²) in [7, 11) is 6.31. The van der Waals surface area contributed by atoms with Crippen molar-refractivity contribution < 1.29 is 31.0 Å². The highest BCUT2D eigenvalue weighted by Gasteiger charge is 2.46. The van der Waals surface area contributed by atoms with Crippen molar-refractivity contribution in [3.63, 3.8) is 0 Å². The lowest BCUT2D eigenvalue weighted by molar-refractivity contribution is -0.926. The molecule has 1 amide bonds. The van der Waals surface area contributed by atoms with Gasteiger partial charge in [0.05, 0.1) is 19.8 Å². The second-order valence-corrected chi connectivity index (χ2v) is 8.07. The van der Waals surface area contributed by atoms with Gasteiger partial charge in [-0.25, -0.2) is 4.79 Å². The van der Waals surface area contributed by atoms with Gasteiger partial charge in [0.2, 0.25) is 0 Å². The van der Waals surface area contributed by atoms with Gasteiger partial charge in [0.1, 0.15) is 18.2 Å². The van der Waals surface area contributed by atoms with E-state index < -0.39 is 0 Å². The lowest BCUT2D eigenvalue weighted by Crippen LogP contribution is -3.00. The van der Waals surface area contributed by atoms with Crippen LogP contribution in [0.3, 0.4) is 0 Å². The van der Waals surface area contributed by atoms with Crippen LogP contribution in [-0.4, -0.2) is 49.9 Å². The van der Waals surface area contributed by atoms with Crippen LogP contribution in [0.25, 0.3) is 11.1 Å². The van der Waals surface area contributed by atoms with Gasteiger partial charge in [-0.15, -0.1) is 0 Å². The van der Waals surface area contributed by atoms with Crippen LogP contribution >= 0.6 is 0 Å². The number of ether oxygens (including phenoxy) is 1. The molecule has 1 saturated heterocycles. The number of anilines is 1. The first-order valence-corrected chi connectivity index (χ1v) is 9.57. The van der Waals surface area contributed by atoms with Gasteiger partial charge >= 0.3 is 6.09 Å². The average Bonchev–Trinajstić information content (AvgIpc) is 2.85. The van der Waals surface area contributed by atoms with Gasteiger partial charge in [-0.2, -0.15) is 0 Å². The van der Waals surface area contributed by atoms with Crippen molar-refractivity contribution in [1.82, 2.24) is 0 Å². The Kier molecular flexibility index (Phi) is 5.96. The first kappa shape index (κ1) is 20.6. The number of carbonyl (C=O) groups excluding carboxylic acids is 1. The molecule has 0 N–H and O–H groups in total. The minimum absolute atomic E-state index is 0. The van der Waals surface area contributed by atoms with E-state index >= 15 is 0 Å². The summed E-state index contributed by atoms with van der Waals surface area (Å²) in [6.07, 6.45) is 6.04. The Morgan fingerprint density at radius 2 is 1.54 bits per heavy atom. The summed E-state index contributed by atoms with van der Waals surface area (Å²) in [6.45, 7) is 0. The minimum Gasteiger partial charge on any atom is -1.00 e. The first-order valence-electron chi connectivity index (χ1n) is 9.57. The molecule has 2 heterocycles. The van der Waals surface area contributed by atoms with Gasteiger partial charge in [0.25, 0.3) is 0 Å². The third-order valence-corrected chi connectivity index (χ3v) is 6.17. The summed E-state index contributed by atoms with van der Waals surface area (Å²) in [4.78, 5) is 14.5. The fourth-order valence-corrected chi connectivity index (χ4v) is 4.33. The van der Waals surface area contributed by atoms with Crippen LogP contribution in [0.2, 0.25) is 0 Å².